The summed E-state index contributed by atoms with van der Waals surface area (Å²) in [4.78, 5) is 31.0. The minimum atomic E-state index is -0.0418. The molecule has 0 spiro atoms. The van der Waals surface area contributed by atoms with Crippen LogP contribution < -0.4 is 5.32 Å². The van der Waals surface area contributed by atoms with Gasteiger partial charge in [-0.25, -0.2) is 15.0 Å². The molecule has 1 amide bonds. The summed E-state index contributed by atoms with van der Waals surface area (Å²) in [5.41, 5.74) is 2.02. The maximum Gasteiger partial charge on any atom is 0.239 e. The van der Waals surface area contributed by atoms with Gasteiger partial charge in [0.1, 0.15) is 16.6 Å². The lowest BCUT2D eigenvalue weighted by atomic mass is 10.2. The van der Waals surface area contributed by atoms with E-state index in [4.69, 9.17) is 4.98 Å². The van der Waals surface area contributed by atoms with Gasteiger partial charge in [-0.3, -0.25) is 9.69 Å². The molecular formula is C22H26N6OS. The van der Waals surface area contributed by atoms with Gasteiger partial charge in [-0.1, -0.05) is 6.07 Å². The first-order valence-electron chi connectivity index (χ1n) is 10.1. The third-order valence-electron chi connectivity index (χ3n) is 5.15. The molecule has 0 aromatic carbocycles. The lowest BCUT2D eigenvalue weighted by Crippen LogP contribution is -2.42. The summed E-state index contributed by atoms with van der Waals surface area (Å²) in [5.74, 6) is 1.70. The van der Waals surface area contributed by atoms with E-state index in [1.54, 1.807) is 22.4 Å². The second kappa shape index (κ2) is 8.89. The summed E-state index contributed by atoms with van der Waals surface area (Å²) in [6.45, 7) is 3.66. The van der Waals surface area contributed by atoms with Crippen molar-refractivity contribution in [3.05, 3.63) is 53.3 Å². The Hall–Kier alpha value is -2.84. The fourth-order valence-electron chi connectivity index (χ4n) is 3.65. The number of likely N-dealkylation sites (tertiary alicyclic amines) is 1. The Morgan fingerprint density at radius 2 is 2.13 bits per heavy atom. The van der Waals surface area contributed by atoms with E-state index in [1.807, 2.05) is 57.5 Å². The van der Waals surface area contributed by atoms with E-state index in [2.05, 4.69) is 20.2 Å². The van der Waals surface area contributed by atoms with Gasteiger partial charge in [-0.15, -0.1) is 11.3 Å². The average Bonchev–Trinajstić information content (AvgIpc) is 3.37. The Balaban J connectivity index is 1.47. The van der Waals surface area contributed by atoms with Crippen LogP contribution in [-0.4, -0.2) is 57.3 Å². The lowest BCUT2D eigenvalue weighted by molar-refractivity contribution is -0.133. The third-order valence-corrected chi connectivity index (χ3v) is 6.16. The highest BCUT2D eigenvalue weighted by Gasteiger charge is 2.32. The first kappa shape index (κ1) is 20.4. The average molecular weight is 423 g/mol. The molecule has 30 heavy (non-hydrogen) atoms. The van der Waals surface area contributed by atoms with Gasteiger partial charge in [-0.2, -0.15) is 0 Å². The van der Waals surface area contributed by atoms with E-state index in [1.165, 1.54) is 0 Å². The second-order valence-corrected chi connectivity index (χ2v) is 8.85. The van der Waals surface area contributed by atoms with Crippen LogP contribution in [0.2, 0.25) is 0 Å². The Bertz CT molecular complexity index is 1030. The number of hydrogen-bond donors (Lipinski definition) is 1. The number of nitrogens with one attached hydrogen (secondary N) is 1. The number of aromatic nitrogens is 3. The number of amides is 1. The van der Waals surface area contributed by atoms with E-state index < -0.39 is 0 Å². The highest BCUT2D eigenvalue weighted by Crippen LogP contribution is 2.29. The van der Waals surface area contributed by atoms with Crippen LogP contribution in [0.3, 0.4) is 0 Å². The lowest BCUT2D eigenvalue weighted by Gasteiger charge is -2.25. The molecule has 1 saturated heterocycles. The highest BCUT2D eigenvalue weighted by molar-refractivity contribution is 7.15. The molecule has 1 aliphatic rings. The van der Waals surface area contributed by atoms with Crippen molar-refractivity contribution >= 4 is 28.9 Å². The van der Waals surface area contributed by atoms with Crippen LogP contribution in [0.5, 0.6) is 0 Å². The number of thiazole rings is 1. The minimum Gasteiger partial charge on any atom is -0.347 e. The molecule has 1 atom stereocenters. The number of hydrogen-bond acceptors (Lipinski definition) is 7. The monoisotopic (exact) mass is 422 g/mol. The van der Waals surface area contributed by atoms with Crippen LogP contribution in [-0.2, 0) is 11.3 Å². The van der Waals surface area contributed by atoms with Gasteiger partial charge in [0.15, 0.2) is 0 Å². The van der Waals surface area contributed by atoms with E-state index >= 15 is 0 Å². The molecule has 156 valence electrons. The Morgan fingerprint density at radius 1 is 1.27 bits per heavy atom. The number of carbonyl (C=O) groups is 1. The van der Waals surface area contributed by atoms with E-state index in [-0.39, 0.29) is 11.9 Å². The Labute approximate surface area is 180 Å². The molecule has 0 bridgehead atoms. The molecule has 4 heterocycles. The van der Waals surface area contributed by atoms with Crippen molar-refractivity contribution in [2.45, 2.75) is 32.4 Å². The molecule has 1 aliphatic heterocycles. The number of anilines is 2. The first-order valence-corrected chi connectivity index (χ1v) is 10.9. The van der Waals surface area contributed by atoms with Crippen LogP contribution in [0, 0.1) is 6.92 Å². The normalized spacial score (nSPS) is 16.6. The highest BCUT2D eigenvalue weighted by atomic mass is 32.1. The predicted octanol–water partition coefficient (Wildman–Crippen LogP) is 3.70. The minimum absolute atomic E-state index is 0.0418. The molecule has 1 N–H and O–H groups in total. The van der Waals surface area contributed by atoms with Gasteiger partial charge in [-0.05, 0) is 56.1 Å². The quantitative estimate of drug-likeness (QED) is 0.653. The topological polar surface area (TPSA) is 74.2 Å². The largest absolute Gasteiger partial charge is 0.347 e. The zero-order valence-electron chi connectivity index (χ0n) is 17.5. The van der Waals surface area contributed by atoms with E-state index in [0.717, 1.165) is 52.2 Å². The van der Waals surface area contributed by atoms with Crippen LogP contribution in [0.15, 0.2) is 42.7 Å². The number of carbonyl (C=O) groups excluding carboxylic acids is 1. The van der Waals surface area contributed by atoms with Crippen LogP contribution in [0.25, 0.3) is 10.6 Å². The fraction of sp³-hybridized carbons (Fsp3) is 0.364. The number of nitrogens with zero attached hydrogens (tertiary/aromatic N) is 5. The van der Waals surface area contributed by atoms with Crippen molar-refractivity contribution in [2.75, 3.05) is 26.0 Å². The molecule has 8 heteroatoms. The van der Waals surface area contributed by atoms with Crippen molar-refractivity contribution in [1.29, 1.82) is 0 Å². The Kier molecular flexibility index (Phi) is 6.06. The summed E-state index contributed by atoms with van der Waals surface area (Å²) in [7, 11) is 3.64. The molecular weight excluding hydrogens is 396 g/mol. The van der Waals surface area contributed by atoms with Crippen LogP contribution >= 0.6 is 11.3 Å². The van der Waals surface area contributed by atoms with Gasteiger partial charge in [0.25, 0.3) is 0 Å². The van der Waals surface area contributed by atoms with Gasteiger partial charge in [0.05, 0.1) is 23.2 Å². The molecule has 1 fully saturated rings. The van der Waals surface area contributed by atoms with Crippen LogP contribution in [0.4, 0.5) is 11.6 Å². The van der Waals surface area contributed by atoms with E-state index in [9.17, 15) is 4.79 Å². The maximum absolute atomic E-state index is 12.4. The molecule has 4 rings (SSSR count). The molecule has 0 aliphatic carbocycles. The standard InChI is InChI=1S/C22H26N6OS/c1-15-9-10-23-20(12-15)26-19-8-4-6-16(25-19)18-13-24-21(30-18)14-28-11-5-7-17(28)22(29)27(2)3/h4,6,8-10,12-13,17H,5,7,11,14H2,1-3H3,(H,23,25,26)/t17-/m0/s1. The van der Waals surface area contributed by atoms with Gasteiger partial charge in [0.2, 0.25) is 5.91 Å². The van der Waals surface area contributed by atoms with Crippen molar-refractivity contribution in [3.63, 3.8) is 0 Å². The van der Waals surface area contributed by atoms with Crippen molar-refractivity contribution in [2.24, 2.45) is 0 Å². The predicted molar refractivity (Wildman–Crippen MR) is 120 cm³/mol. The number of pyridine rings is 2. The summed E-state index contributed by atoms with van der Waals surface area (Å²) in [6, 6.07) is 9.80. The molecule has 3 aromatic heterocycles. The number of likely N-dealkylation sites (N-methyl/N-ethyl adjacent to an activating group) is 1. The van der Waals surface area contributed by atoms with Crippen molar-refractivity contribution in [3.8, 4) is 10.6 Å². The molecule has 3 aromatic rings. The fourth-order valence-corrected chi connectivity index (χ4v) is 4.56. The van der Waals surface area contributed by atoms with Gasteiger partial charge in [0, 0.05) is 26.5 Å². The zero-order valence-corrected chi connectivity index (χ0v) is 18.3. The number of aryl methyl sites for hydroxylation is 1. The second-order valence-electron chi connectivity index (χ2n) is 7.73. The first-order chi connectivity index (χ1) is 14.5. The van der Waals surface area contributed by atoms with Gasteiger partial charge < -0.3 is 10.2 Å². The third kappa shape index (κ3) is 4.66. The Morgan fingerprint density at radius 3 is 2.93 bits per heavy atom. The summed E-state index contributed by atoms with van der Waals surface area (Å²) < 4.78 is 0. The number of rotatable bonds is 6. The summed E-state index contributed by atoms with van der Waals surface area (Å²) in [5, 5.41) is 4.26. The van der Waals surface area contributed by atoms with Crippen molar-refractivity contribution < 1.29 is 4.79 Å². The summed E-state index contributed by atoms with van der Waals surface area (Å²) >= 11 is 1.63. The smallest absolute Gasteiger partial charge is 0.239 e. The zero-order chi connectivity index (χ0) is 21.1. The molecule has 0 unspecified atom stereocenters. The van der Waals surface area contributed by atoms with Crippen molar-refractivity contribution in [1.82, 2.24) is 24.8 Å². The summed E-state index contributed by atoms with van der Waals surface area (Å²) in [6.07, 6.45) is 5.61. The molecule has 0 radical (unpaired) electrons. The maximum atomic E-state index is 12.4. The van der Waals surface area contributed by atoms with Gasteiger partial charge >= 0.3 is 0 Å². The molecule has 0 saturated carbocycles. The van der Waals surface area contributed by atoms with E-state index in [0.29, 0.717) is 6.54 Å². The molecule has 7 nitrogen and oxygen atoms in total. The van der Waals surface area contributed by atoms with Crippen LogP contribution in [0.1, 0.15) is 23.4 Å². The SMILES string of the molecule is Cc1ccnc(Nc2cccc(-c3cnc(CN4CCC[C@H]4C(=O)N(C)C)s3)n2)c1.